The number of Topliss-reactive ketones (excluding diaryl/α,β-unsaturated/α-hetero) is 1. The predicted molar refractivity (Wildman–Crippen MR) is 69.0 cm³/mol. The fourth-order valence-electron chi connectivity index (χ4n) is 2.11. The molecule has 1 aromatic rings. The first kappa shape index (κ1) is 11.6. The molecule has 1 heterocycles. The number of hydrogen-bond donors (Lipinski definition) is 1. The average Bonchev–Trinajstić information content (AvgIpc) is 2.81. The van der Waals surface area contributed by atoms with Gasteiger partial charge in [0.05, 0.1) is 12.1 Å². The number of nitrogens with two attached hydrogens (primary N) is 1. The SMILES string of the molecule is NCC(=O)c1c(Br)cccc1N1CCCC1. The molecule has 2 N–H and O–H groups in total. The standard InChI is InChI=1S/C12H15BrN2O/c13-9-4-3-5-10(12(9)11(16)8-14)15-6-1-2-7-15/h3-5H,1-2,6-8,14H2. The summed E-state index contributed by atoms with van der Waals surface area (Å²) in [4.78, 5) is 14.1. The molecule has 86 valence electrons. The van der Waals surface area contributed by atoms with Crippen LogP contribution in [0.25, 0.3) is 0 Å². The summed E-state index contributed by atoms with van der Waals surface area (Å²) in [6.07, 6.45) is 2.39. The lowest BCUT2D eigenvalue weighted by molar-refractivity contribution is 0.100. The summed E-state index contributed by atoms with van der Waals surface area (Å²) in [6.45, 7) is 2.12. The van der Waals surface area contributed by atoms with E-state index in [1.807, 2.05) is 18.2 Å². The van der Waals surface area contributed by atoms with E-state index in [0.717, 1.165) is 28.8 Å². The highest BCUT2D eigenvalue weighted by Crippen LogP contribution is 2.30. The van der Waals surface area contributed by atoms with Gasteiger partial charge in [0.25, 0.3) is 0 Å². The molecule has 4 heteroatoms. The second-order valence-electron chi connectivity index (χ2n) is 3.96. The van der Waals surface area contributed by atoms with Gasteiger partial charge in [0.2, 0.25) is 0 Å². The van der Waals surface area contributed by atoms with Crippen LogP contribution in [-0.4, -0.2) is 25.4 Å². The number of hydrogen-bond acceptors (Lipinski definition) is 3. The van der Waals surface area contributed by atoms with Crippen molar-refractivity contribution < 1.29 is 4.79 Å². The van der Waals surface area contributed by atoms with E-state index in [9.17, 15) is 4.79 Å². The molecule has 0 amide bonds. The molecular weight excluding hydrogens is 268 g/mol. The smallest absolute Gasteiger partial charge is 0.179 e. The van der Waals surface area contributed by atoms with E-state index >= 15 is 0 Å². The third kappa shape index (κ3) is 2.13. The number of ketones is 1. The van der Waals surface area contributed by atoms with E-state index in [1.165, 1.54) is 12.8 Å². The van der Waals surface area contributed by atoms with Gasteiger partial charge in [-0.05, 0) is 40.9 Å². The zero-order valence-electron chi connectivity index (χ0n) is 9.08. The van der Waals surface area contributed by atoms with Crippen molar-refractivity contribution >= 4 is 27.4 Å². The van der Waals surface area contributed by atoms with Gasteiger partial charge in [-0.25, -0.2) is 0 Å². The summed E-state index contributed by atoms with van der Waals surface area (Å²) in [5, 5.41) is 0. The fraction of sp³-hybridized carbons (Fsp3) is 0.417. The number of carbonyl (C=O) groups excluding carboxylic acids is 1. The number of halogens is 1. The summed E-state index contributed by atoms with van der Waals surface area (Å²) in [6, 6.07) is 5.85. The highest BCUT2D eigenvalue weighted by molar-refractivity contribution is 9.10. The highest BCUT2D eigenvalue weighted by atomic mass is 79.9. The molecule has 1 aliphatic rings. The first-order valence-electron chi connectivity index (χ1n) is 5.50. The molecule has 0 saturated carbocycles. The number of rotatable bonds is 3. The van der Waals surface area contributed by atoms with Gasteiger partial charge in [-0.2, -0.15) is 0 Å². The van der Waals surface area contributed by atoms with Crippen molar-refractivity contribution in [2.45, 2.75) is 12.8 Å². The Morgan fingerprint density at radius 3 is 2.69 bits per heavy atom. The molecule has 0 aliphatic carbocycles. The van der Waals surface area contributed by atoms with E-state index in [2.05, 4.69) is 20.8 Å². The Balaban J connectivity index is 2.43. The number of anilines is 1. The lowest BCUT2D eigenvalue weighted by Crippen LogP contribution is -2.23. The minimum Gasteiger partial charge on any atom is -0.371 e. The summed E-state index contributed by atoms with van der Waals surface area (Å²) >= 11 is 3.43. The van der Waals surface area contributed by atoms with Crippen LogP contribution < -0.4 is 10.6 Å². The fourth-order valence-corrected chi connectivity index (χ4v) is 2.69. The van der Waals surface area contributed by atoms with Gasteiger partial charge in [-0.3, -0.25) is 4.79 Å². The molecule has 0 atom stereocenters. The van der Waals surface area contributed by atoms with Crippen LogP contribution in [-0.2, 0) is 0 Å². The van der Waals surface area contributed by atoms with Crippen LogP contribution in [0, 0.1) is 0 Å². The molecule has 0 radical (unpaired) electrons. The Morgan fingerprint density at radius 1 is 1.38 bits per heavy atom. The second-order valence-corrected chi connectivity index (χ2v) is 4.81. The molecule has 0 aromatic heterocycles. The topological polar surface area (TPSA) is 46.3 Å². The molecule has 3 nitrogen and oxygen atoms in total. The van der Waals surface area contributed by atoms with E-state index in [-0.39, 0.29) is 12.3 Å². The van der Waals surface area contributed by atoms with Crippen LogP contribution in [0.5, 0.6) is 0 Å². The highest BCUT2D eigenvalue weighted by Gasteiger charge is 2.20. The molecule has 1 aromatic carbocycles. The Labute approximate surface area is 104 Å². The van der Waals surface area contributed by atoms with Gasteiger partial charge in [0.1, 0.15) is 0 Å². The van der Waals surface area contributed by atoms with Gasteiger partial charge >= 0.3 is 0 Å². The minimum atomic E-state index is -0.00521. The van der Waals surface area contributed by atoms with Crippen LogP contribution in [0.2, 0.25) is 0 Å². The van der Waals surface area contributed by atoms with Crippen LogP contribution in [0.15, 0.2) is 22.7 Å². The zero-order chi connectivity index (χ0) is 11.5. The number of nitrogens with zero attached hydrogens (tertiary/aromatic N) is 1. The van der Waals surface area contributed by atoms with Gasteiger partial charge < -0.3 is 10.6 Å². The number of benzene rings is 1. The van der Waals surface area contributed by atoms with Crippen LogP contribution >= 0.6 is 15.9 Å². The first-order valence-corrected chi connectivity index (χ1v) is 6.30. The quantitative estimate of drug-likeness (QED) is 0.865. The largest absolute Gasteiger partial charge is 0.371 e. The van der Waals surface area contributed by atoms with Crippen molar-refractivity contribution in [3.63, 3.8) is 0 Å². The van der Waals surface area contributed by atoms with Crippen LogP contribution in [0.1, 0.15) is 23.2 Å². The zero-order valence-corrected chi connectivity index (χ0v) is 10.7. The van der Waals surface area contributed by atoms with Gasteiger partial charge in [0, 0.05) is 23.2 Å². The molecule has 1 saturated heterocycles. The lowest BCUT2D eigenvalue weighted by atomic mass is 10.1. The molecule has 16 heavy (non-hydrogen) atoms. The maximum atomic E-state index is 11.8. The minimum absolute atomic E-state index is 0.00521. The van der Waals surface area contributed by atoms with Crippen molar-refractivity contribution in [1.82, 2.24) is 0 Å². The van der Waals surface area contributed by atoms with Crippen molar-refractivity contribution in [2.24, 2.45) is 5.73 Å². The van der Waals surface area contributed by atoms with E-state index in [0.29, 0.717) is 0 Å². The Hall–Kier alpha value is -0.870. The molecular formula is C12H15BrN2O. The van der Waals surface area contributed by atoms with Gasteiger partial charge in [-0.1, -0.05) is 6.07 Å². The maximum absolute atomic E-state index is 11.8. The summed E-state index contributed by atoms with van der Waals surface area (Å²) in [5.41, 5.74) is 7.20. The van der Waals surface area contributed by atoms with Crippen molar-refractivity contribution in [3.05, 3.63) is 28.2 Å². The average molecular weight is 283 g/mol. The van der Waals surface area contributed by atoms with Gasteiger partial charge in [-0.15, -0.1) is 0 Å². The lowest BCUT2D eigenvalue weighted by Gasteiger charge is -2.21. The van der Waals surface area contributed by atoms with E-state index in [1.54, 1.807) is 0 Å². The first-order chi connectivity index (χ1) is 7.74. The van der Waals surface area contributed by atoms with Crippen molar-refractivity contribution in [2.75, 3.05) is 24.5 Å². The summed E-state index contributed by atoms with van der Waals surface area (Å²) in [7, 11) is 0. The van der Waals surface area contributed by atoms with Crippen molar-refractivity contribution in [1.29, 1.82) is 0 Å². The third-order valence-electron chi connectivity index (χ3n) is 2.90. The van der Waals surface area contributed by atoms with E-state index in [4.69, 9.17) is 5.73 Å². The molecule has 0 bridgehead atoms. The van der Waals surface area contributed by atoms with E-state index < -0.39 is 0 Å². The van der Waals surface area contributed by atoms with Crippen LogP contribution in [0.3, 0.4) is 0 Å². The Kier molecular flexibility index (Phi) is 3.61. The number of carbonyl (C=O) groups is 1. The maximum Gasteiger partial charge on any atom is 0.179 e. The predicted octanol–water partition coefficient (Wildman–Crippen LogP) is 2.19. The summed E-state index contributed by atoms with van der Waals surface area (Å²) < 4.78 is 0.840. The monoisotopic (exact) mass is 282 g/mol. The molecule has 1 fully saturated rings. The van der Waals surface area contributed by atoms with Crippen LogP contribution in [0.4, 0.5) is 5.69 Å². The summed E-state index contributed by atoms with van der Waals surface area (Å²) in [5.74, 6) is -0.00521. The third-order valence-corrected chi connectivity index (χ3v) is 3.56. The van der Waals surface area contributed by atoms with Gasteiger partial charge in [0.15, 0.2) is 5.78 Å². The molecule has 2 rings (SSSR count). The molecule has 0 spiro atoms. The second kappa shape index (κ2) is 4.97. The Bertz CT molecular complexity index is 400. The molecule has 0 unspecified atom stereocenters. The normalized spacial score (nSPS) is 15.5. The molecule has 1 aliphatic heterocycles. The van der Waals surface area contributed by atoms with Crippen molar-refractivity contribution in [3.8, 4) is 0 Å². The Morgan fingerprint density at radius 2 is 2.06 bits per heavy atom.